The first-order valence-corrected chi connectivity index (χ1v) is 11.2. The van der Waals surface area contributed by atoms with Crippen molar-refractivity contribution >= 4 is 61.1 Å². The van der Waals surface area contributed by atoms with Gasteiger partial charge >= 0.3 is 12.0 Å². The maximum absolute atomic E-state index is 11.3. The van der Waals surface area contributed by atoms with Crippen LogP contribution in [0.1, 0.15) is 20.3 Å². The van der Waals surface area contributed by atoms with Crippen molar-refractivity contribution in [2.75, 3.05) is 19.8 Å². The summed E-state index contributed by atoms with van der Waals surface area (Å²) < 4.78 is 9.56. The van der Waals surface area contributed by atoms with Crippen LogP contribution in [0.5, 0.6) is 0 Å². The topological polar surface area (TPSA) is 35.5 Å². The molecule has 0 saturated heterocycles. The Bertz CT molecular complexity index is 241. The zero-order chi connectivity index (χ0) is 13.5. The number of esters is 1. The fourth-order valence-electron chi connectivity index (χ4n) is 0.842. The first-order valence-electron chi connectivity index (χ1n) is 5.13. The minimum atomic E-state index is -2.52. The van der Waals surface area contributed by atoms with Gasteiger partial charge in [-0.2, -0.15) is 0 Å². The minimum absolute atomic E-state index is 0.235. The van der Waals surface area contributed by atoms with Gasteiger partial charge in [0.1, 0.15) is 10.9 Å². The first kappa shape index (κ1) is 18.0. The average molecular weight is 387 g/mol. The van der Waals surface area contributed by atoms with E-state index in [0.717, 1.165) is 0 Å². The highest BCUT2D eigenvalue weighted by atomic mass is 79.9. The van der Waals surface area contributed by atoms with Crippen molar-refractivity contribution in [2.24, 2.45) is 0 Å². The highest BCUT2D eigenvalue weighted by Gasteiger charge is 2.25. The van der Waals surface area contributed by atoms with E-state index in [-0.39, 0.29) is 12.6 Å². The molecule has 0 heterocycles. The first-order chi connectivity index (χ1) is 7.63. The van der Waals surface area contributed by atoms with Crippen molar-refractivity contribution in [1.29, 1.82) is 0 Å². The Kier molecular flexibility index (Phi) is 8.71. The average Bonchev–Trinajstić information content (AvgIpc) is 2.12. The van der Waals surface area contributed by atoms with Crippen LogP contribution < -0.4 is 0 Å². The molecule has 0 aromatic rings. The van der Waals surface area contributed by atoms with Crippen molar-refractivity contribution in [3.63, 3.8) is 0 Å². The Morgan fingerprint density at radius 2 is 1.82 bits per heavy atom. The van der Waals surface area contributed by atoms with Crippen LogP contribution in [0.15, 0.2) is 0 Å². The number of ether oxygens (including phenoxy) is 2. The third-order valence-corrected chi connectivity index (χ3v) is 4.64. The Hall–Kier alpha value is 0.997. The van der Waals surface area contributed by atoms with Gasteiger partial charge in [-0.3, -0.25) is 4.79 Å². The zero-order valence-electron chi connectivity index (χ0n) is 9.77. The molecule has 0 unspecified atom stereocenters. The lowest BCUT2D eigenvalue weighted by molar-refractivity contribution is -0.146. The summed E-state index contributed by atoms with van der Waals surface area (Å²) in [6.07, 6.45) is 0.709. The van der Waals surface area contributed by atoms with Crippen LogP contribution >= 0.6 is 49.2 Å². The van der Waals surface area contributed by atoms with Gasteiger partial charge < -0.3 is 9.47 Å². The summed E-state index contributed by atoms with van der Waals surface area (Å²) in [5, 5.41) is 0. The second kappa shape index (κ2) is 8.22. The van der Waals surface area contributed by atoms with Crippen LogP contribution in [0.3, 0.4) is 0 Å². The van der Waals surface area contributed by atoms with E-state index in [1.807, 2.05) is 0 Å². The lowest BCUT2D eigenvalue weighted by Gasteiger charge is -2.14. The van der Waals surface area contributed by atoms with E-state index in [1.165, 1.54) is 0 Å². The Labute approximate surface area is 125 Å². The lowest BCUT2D eigenvalue weighted by atomic mass is 10.2. The van der Waals surface area contributed by atoms with Crippen LogP contribution in [0.25, 0.3) is 0 Å². The van der Waals surface area contributed by atoms with Crippen molar-refractivity contribution < 1.29 is 14.3 Å². The van der Waals surface area contributed by atoms with Crippen molar-refractivity contribution in [3.8, 4) is 0 Å². The minimum Gasteiger partial charge on any atom is -0.462 e. The number of hydrogen-bond donors (Lipinski definition) is 0. The summed E-state index contributed by atoms with van der Waals surface area (Å²) in [6.45, 7) is 4.55. The molecule has 102 valence electrons. The summed E-state index contributed by atoms with van der Waals surface area (Å²) >= 11 is 20.3. The number of hydrogen-bond acceptors (Lipinski definition) is 3. The predicted molar refractivity (Wildman–Crippen MR) is 77.5 cm³/mol. The molecule has 0 spiro atoms. The molecule has 0 rings (SSSR count). The lowest BCUT2D eigenvalue weighted by Crippen LogP contribution is -2.27. The number of carbonyl (C=O) groups is 1. The van der Waals surface area contributed by atoms with E-state index < -0.39 is 10.3 Å². The molecule has 0 fully saturated rings. The largest absolute Gasteiger partial charge is 0.462 e. The summed E-state index contributed by atoms with van der Waals surface area (Å²) in [5.74, 6) is -0.310. The molecule has 0 saturated carbocycles. The van der Waals surface area contributed by atoms with E-state index in [1.54, 1.807) is 13.8 Å². The molecule has 0 atom stereocenters. The predicted octanol–water partition coefficient (Wildman–Crippen LogP) is 3.77. The highest BCUT2D eigenvalue weighted by molar-refractivity contribution is 9.10. The van der Waals surface area contributed by atoms with Gasteiger partial charge in [-0.25, -0.2) is 0 Å². The quantitative estimate of drug-likeness (QED) is 0.209. The molecule has 3 nitrogen and oxygen atoms in total. The fourth-order valence-corrected chi connectivity index (χ4v) is 2.70. The molecule has 17 heavy (non-hydrogen) atoms. The summed E-state index contributed by atoms with van der Waals surface area (Å²) in [7, 11) is 0. The maximum Gasteiger partial charge on any atom is 0.341 e. The van der Waals surface area contributed by atoms with Crippen LogP contribution in [0, 0.1) is 0 Å². The van der Waals surface area contributed by atoms with E-state index in [2.05, 4.69) is 15.9 Å². The van der Waals surface area contributed by atoms with Gasteiger partial charge in [-0.05, 0) is 26.3 Å². The van der Waals surface area contributed by atoms with Crippen molar-refractivity contribution in [3.05, 3.63) is 0 Å². The van der Waals surface area contributed by atoms with Gasteiger partial charge in [0.25, 0.3) is 0 Å². The molecular weight excluding hydrogens is 370 g/mol. The highest BCUT2D eigenvalue weighted by Crippen LogP contribution is 2.26. The second-order valence-corrected chi connectivity index (χ2v) is 15.2. The number of alkyl halides is 1. The molecular formula is C9H16BrCl3O3Si. The van der Waals surface area contributed by atoms with E-state index >= 15 is 0 Å². The standard InChI is InChI=1S/C9H16BrCl3O3Si/c1-9(2,10)8(14)16-6-5-15-4-3-7-17(11,12)13/h3-7H2,1-2H3. The molecule has 8 heteroatoms. The van der Waals surface area contributed by atoms with Gasteiger partial charge in [-0.15, -0.1) is 33.2 Å². The molecule has 0 bridgehead atoms. The Morgan fingerprint density at radius 3 is 2.29 bits per heavy atom. The smallest absolute Gasteiger partial charge is 0.341 e. The normalized spacial score (nSPS) is 12.6. The van der Waals surface area contributed by atoms with Gasteiger partial charge in [0.15, 0.2) is 0 Å². The van der Waals surface area contributed by atoms with Crippen LogP contribution in [-0.2, 0) is 14.3 Å². The second-order valence-electron chi connectivity index (χ2n) is 3.94. The number of carbonyl (C=O) groups excluding carboxylic acids is 1. The van der Waals surface area contributed by atoms with E-state index in [4.69, 9.17) is 42.7 Å². The van der Waals surface area contributed by atoms with Crippen molar-refractivity contribution in [2.45, 2.75) is 30.6 Å². The number of rotatable bonds is 8. The van der Waals surface area contributed by atoms with Crippen LogP contribution in [0.4, 0.5) is 0 Å². The SMILES string of the molecule is CC(C)(Br)C(=O)OCCOCCC[Si](Cl)(Cl)Cl. The maximum atomic E-state index is 11.3. The molecule has 0 aliphatic carbocycles. The third kappa shape index (κ3) is 11.8. The summed E-state index contributed by atoms with van der Waals surface area (Å²) in [6, 6.07) is -1.95. The van der Waals surface area contributed by atoms with Gasteiger partial charge in [0.2, 0.25) is 0 Å². The van der Waals surface area contributed by atoms with Gasteiger partial charge in [0.05, 0.1) is 6.61 Å². The molecule has 0 amide bonds. The molecule has 0 N–H and O–H groups in total. The third-order valence-electron chi connectivity index (χ3n) is 1.70. The summed E-state index contributed by atoms with van der Waals surface area (Å²) in [5.41, 5.74) is 0. The van der Waals surface area contributed by atoms with Crippen LogP contribution in [0.2, 0.25) is 6.04 Å². The van der Waals surface area contributed by atoms with E-state index in [9.17, 15) is 4.79 Å². The fraction of sp³-hybridized carbons (Fsp3) is 0.889. The molecule has 0 aliphatic rings. The summed E-state index contributed by atoms with van der Waals surface area (Å²) in [4.78, 5) is 11.3. The van der Waals surface area contributed by atoms with Gasteiger partial charge in [-0.1, -0.05) is 15.9 Å². The van der Waals surface area contributed by atoms with Gasteiger partial charge in [0, 0.05) is 6.61 Å². The Balaban J connectivity index is 3.39. The van der Waals surface area contributed by atoms with Crippen molar-refractivity contribution in [1.82, 2.24) is 0 Å². The molecule has 0 aromatic heterocycles. The molecule has 0 aromatic carbocycles. The zero-order valence-corrected chi connectivity index (χ0v) is 14.6. The monoisotopic (exact) mass is 384 g/mol. The van der Waals surface area contributed by atoms with E-state index in [0.29, 0.717) is 25.7 Å². The Morgan fingerprint density at radius 1 is 1.24 bits per heavy atom. The number of halogens is 4. The van der Waals surface area contributed by atoms with Crippen LogP contribution in [-0.4, -0.2) is 36.1 Å². The molecule has 0 radical (unpaired) electrons. The molecule has 0 aliphatic heterocycles.